The molecule has 6 rings (SSSR count). The van der Waals surface area contributed by atoms with E-state index in [0.717, 1.165) is 12.8 Å². The standard InChI is InChI=1S/C26H38BN5O7/c1-25(2)16-12-19(25)26(3)20(13-16)38-27(39-26)21(4-9-33)31-23(35)17(14-22(34)32-7-10-37-11-8-32)30-24(36)18-15-28-5-6-29-18/h5-6,15-17,19-21,33H,4,7-14H2,1-3H3,(H,30,36)(H,31,35)/t16-,17+,19-,20+,21-,26-/m0/s1. The van der Waals surface area contributed by atoms with Crippen molar-refractivity contribution in [1.82, 2.24) is 25.5 Å². The van der Waals surface area contributed by atoms with Crippen LogP contribution in [0, 0.1) is 17.3 Å². The fourth-order valence-corrected chi connectivity index (χ4v) is 6.74. The lowest BCUT2D eigenvalue weighted by atomic mass is 9.43. The largest absolute Gasteiger partial charge is 0.481 e. The van der Waals surface area contributed by atoms with Crippen LogP contribution in [0.1, 0.15) is 56.9 Å². The van der Waals surface area contributed by atoms with Gasteiger partial charge in [-0.3, -0.25) is 19.4 Å². The van der Waals surface area contributed by atoms with E-state index in [1.54, 1.807) is 4.90 Å². The molecule has 3 aliphatic carbocycles. The number of nitrogens with one attached hydrogen (secondary N) is 2. The second kappa shape index (κ2) is 11.1. The third-order valence-electron chi connectivity index (χ3n) is 9.23. The molecule has 1 aromatic rings. The summed E-state index contributed by atoms with van der Waals surface area (Å²) in [6, 6.07) is -1.18. The maximum atomic E-state index is 13.6. The molecule has 13 heteroatoms. The average molecular weight is 543 g/mol. The summed E-state index contributed by atoms with van der Waals surface area (Å²) in [7, 11) is -0.752. The highest BCUT2D eigenvalue weighted by Crippen LogP contribution is 2.65. The highest BCUT2D eigenvalue weighted by Gasteiger charge is 2.68. The van der Waals surface area contributed by atoms with E-state index in [1.165, 1.54) is 18.6 Å². The van der Waals surface area contributed by atoms with Gasteiger partial charge in [0.15, 0.2) is 0 Å². The van der Waals surface area contributed by atoms with Gasteiger partial charge < -0.3 is 34.7 Å². The number of aliphatic hydroxyl groups excluding tert-OH is 1. The molecule has 0 spiro atoms. The van der Waals surface area contributed by atoms with Crippen molar-refractivity contribution in [2.24, 2.45) is 17.3 Å². The number of aliphatic hydroxyl groups is 1. The monoisotopic (exact) mass is 543 g/mol. The third kappa shape index (κ3) is 5.41. The molecule has 5 aliphatic rings. The Hall–Kier alpha value is -2.61. The van der Waals surface area contributed by atoms with E-state index >= 15 is 0 Å². The van der Waals surface area contributed by atoms with Gasteiger partial charge in [-0.1, -0.05) is 13.8 Å². The van der Waals surface area contributed by atoms with Crippen LogP contribution in [0.15, 0.2) is 18.6 Å². The molecule has 212 valence electrons. The minimum absolute atomic E-state index is 0.0297. The summed E-state index contributed by atoms with van der Waals surface area (Å²) in [5, 5.41) is 15.4. The Morgan fingerprint density at radius 3 is 2.62 bits per heavy atom. The number of morpholine rings is 1. The summed E-state index contributed by atoms with van der Waals surface area (Å²) in [5.74, 6) is -1.21. The van der Waals surface area contributed by atoms with E-state index in [4.69, 9.17) is 14.0 Å². The number of carbonyl (C=O) groups excluding carboxylic acids is 3. The molecule has 3 amide bonds. The van der Waals surface area contributed by atoms with Crippen molar-refractivity contribution in [2.75, 3.05) is 32.9 Å². The summed E-state index contributed by atoms with van der Waals surface area (Å²) in [4.78, 5) is 49.0. The third-order valence-corrected chi connectivity index (χ3v) is 9.23. The Kier molecular flexibility index (Phi) is 7.96. The van der Waals surface area contributed by atoms with Crippen molar-refractivity contribution in [2.45, 2.75) is 70.1 Å². The Labute approximate surface area is 228 Å². The minimum Gasteiger partial charge on any atom is -0.404 e. The molecule has 2 bridgehead atoms. The summed E-state index contributed by atoms with van der Waals surface area (Å²) >= 11 is 0. The number of carbonyl (C=O) groups is 3. The van der Waals surface area contributed by atoms with Gasteiger partial charge in [-0.2, -0.15) is 0 Å². The predicted octanol–water partition coefficient (Wildman–Crippen LogP) is -0.0414. The number of rotatable bonds is 9. The molecule has 0 unspecified atom stereocenters. The van der Waals surface area contributed by atoms with Crippen LogP contribution in [0.5, 0.6) is 0 Å². The zero-order valence-electron chi connectivity index (χ0n) is 22.8. The van der Waals surface area contributed by atoms with E-state index in [1.807, 2.05) is 0 Å². The number of amides is 3. The van der Waals surface area contributed by atoms with Crippen molar-refractivity contribution >= 4 is 24.8 Å². The van der Waals surface area contributed by atoms with Gasteiger partial charge in [0.25, 0.3) is 5.91 Å². The van der Waals surface area contributed by atoms with Crippen molar-refractivity contribution in [3.63, 3.8) is 0 Å². The van der Waals surface area contributed by atoms with Gasteiger partial charge >= 0.3 is 7.12 Å². The molecule has 1 aromatic heterocycles. The number of nitrogens with zero attached hydrogens (tertiary/aromatic N) is 3. The maximum Gasteiger partial charge on any atom is 0.481 e. The first kappa shape index (κ1) is 27.9. The molecular weight excluding hydrogens is 505 g/mol. The second-order valence-corrected chi connectivity index (χ2v) is 11.8. The highest BCUT2D eigenvalue weighted by atomic mass is 16.7. The van der Waals surface area contributed by atoms with Crippen molar-refractivity contribution in [3.8, 4) is 0 Å². The van der Waals surface area contributed by atoms with Crippen LogP contribution >= 0.6 is 0 Å². The van der Waals surface area contributed by atoms with E-state index in [2.05, 4.69) is 41.4 Å². The van der Waals surface area contributed by atoms with Gasteiger partial charge in [0.1, 0.15) is 11.7 Å². The zero-order valence-corrected chi connectivity index (χ0v) is 22.8. The Balaban J connectivity index is 1.30. The molecule has 39 heavy (non-hydrogen) atoms. The fraction of sp³-hybridized carbons (Fsp3) is 0.731. The molecule has 2 saturated heterocycles. The molecule has 3 N–H and O–H groups in total. The van der Waals surface area contributed by atoms with Crippen LogP contribution in [-0.4, -0.2) is 101 Å². The van der Waals surface area contributed by atoms with Crippen molar-refractivity contribution in [3.05, 3.63) is 24.3 Å². The maximum absolute atomic E-state index is 13.6. The SMILES string of the molecule is CC1(C)[C@@H]2C[C@H]3OB([C@H](CCO)NC(=O)[C@@H](CC(=O)N4CCOCC4)NC(=O)c4cnccn4)O[C@@]3(C)[C@H]1C2. The second-order valence-electron chi connectivity index (χ2n) is 11.8. The summed E-state index contributed by atoms with van der Waals surface area (Å²) in [6.45, 7) is 8.10. The first-order valence-corrected chi connectivity index (χ1v) is 13.8. The van der Waals surface area contributed by atoms with Gasteiger partial charge in [0, 0.05) is 32.1 Å². The van der Waals surface area contributed by atoms with E-state index in [9.17, 15) is 19.5 Å². The summed E-state index contributed by atoms with van der Waals surface area (Å²) in [6.07, 6.45) is 5.94. The molecule has 0 aromatic carbocycles. The van der Waals surface area contributed by atoms with Crippen LogP contribution in [0.2, 0.25) is 0 Å². The average Bonchev–Trinajstić information content (AvgIpc) is 3.30. The molecule has 6 atom stereocenters. The molecule has 5 fully saturated rings. The van der Waals surface area contributed by atoms with Crippen LogP contribution < -0.4 is 10.6 Å². The van der Waals surface area contributed by atoms with Gasteiger partial charge in [0.05, 0.1) is 43.5 Å². The van der Waals surface area contributed by atoms with Gasteiger partial charge in [-0.15, -0.1) is 0 Å². The summed E-state index contributed by atoms with van der Waals surface area (Å²) in [5.41, 5.74) is -0.288. The molecule has 3 heterocycles. The first-order valence-electron chi connectivity index (χ1n) is 13.8. The number of hydrogen-bond donors (Lipinski definition) is 3. The normalized spacial score (nSPS) is 30.5. The molecule has 3 saturated carbocycles. The number of ether oxygens (including phenoxy) is 1. The number of aromatic nitrogens is 2. The smallest absolute Gasteiger partial charge is 0.404 e. The van der Waals surface area contributed by atoms with Crippen molar-refractivity contribution < 1.29 is 33.5 Å². The lowest BCUT2D eigenvalue weighted by Crippen LogP contribution is -2.65. The van der Waals surface area contributed by atoms with Crippen LogP contribution in [0.4, 0.5) is 0 Å². The minimum atomic E-state index is -1.18. The predicted molar refractivity (Wildman–Crippen MR) is 139 cm³/mol. The Morgan fingerprint density at radius 1 is 1.18 bits per heavy atom. The lowest BCUT2D eigenvalue weighted by Gasteiger charge is -2.64. The van der Waals surface area contributed by atoms with Crippen LogP contribution in [0.25, 0.3) is 0 Å². The molecular formula is C26H38BN5O7. The van der Waals surface area contributed by atoms with Crippen LogP contribution in [0.3, 0.4) is 0 Å². The topological polar surface area (TPSA) is 152 Å². The van der Waals surface area contributed by atoms with Gasteiger partial charge in [-0.25, -0.2) is 4.98 Å². The molecule has 12 nitrogen and oxygen atoms in total. The van der Waals surface area contributed by atoms with Crippen molar-refractivity contribution in [1.29, 1.82) is 0 Å². The lowest BCUT2D eigenvalue weighted by molar-refractivity contribution is -0.199. The van der Waals surface area contributed by atoms with E-state index in [0.29, 0.717) is 38.1 Å². The Bertz CT molecular complexity index is 1070. The molecule has 2 aliphatic heterocycles. The highest BCUT2D eigenvalue weighted by molar-refractivity contribution is 6.48. The Morgan fingerprint density at radius 2 is 1.95 bits per heavy atom. The van der Waals surface area contributed by atoms with E-state index in [-0.39, 0.29) is 42.6 Å². The first-order chi connectivity index (χ1) is 18.6. The van der Waals surface area contributed by atoms with Gasteiger partial charge in [-0.05, 0) is 43.4 Å². The van der Waals surface area contributed by atoms with Crippen LogP contribution in [-0.2, 0) is 23.6 Å². The van der Waals surface area contributed by atoms with E-state index < -0.39 is 36.5 Å². The summed E-state index contributed by atoms with van der Waals surface area (Å²) < 4.78 is 18.2. The van der Waals surface area contributed by atoms with Gasteiger partial charge in [0.2, 0.25) is 11.8 Å². The quantitative estimate of drug-likeness (QED) is 0.364. The zero-order chi connectivity index (χ0) is 27.8. The fourth-order valence-electron chi connectivity index (χ4n) is 6.74. The molecule has 0 radical (unpaired) electrons. The number of hydrogen-bond acceptors (Lipinski definition) is 9.